The lowest BCUT2D eigenvalue weighted by Gasteiger charge is -2.09. The van der Waals surface area contributed by atoms with Gasteiger partial charge in [0.15, 0.2) is 0 Å². The summed E-state index contributed by atoms with van der Waals surface area (Å²) < 4.78 is 49.9. The lowest BCUT2D eigenvalue weighted by Crippen LogP contribution is -2.28. The zero-order chi connectivity index (χ0) is 14.0. The highest BCUT2D eigenvalue weighted by Gasteiger charge is 2.20. The van der Waals surface area contributed by atoms with Gasteiger partial charge in [-0.25, -0.2) is 21.9 Å². The Labute approximate surface area is 108 Å². The van der Waals surface area contributed by atoms with Crippen molar-refractivity contribution < 1.29 is 17.2 Å². The number of aromatic nitrogens is 1. The van der Waals surface area contributed by atoms with Gasteiger partial charge in [0.1, 0.15) is 4.90 Å². The Morgan fingerprint density at radius 1 is 1.32 bits per heavy atom. The Morgan fingerprint density at radius 2 is 2.05 bits per heavy atom. The van der Waals surface area contributed by atoms with E-state index in [9.17, 15) is 17.2 Å². The van der Waals surface area contributed by atoms with Crippen molar-refractivity contribution in [1.82, 2.24) is 9.71 Å². The van der Waals surface area contributed by atoms with Crippen LogP contribution in [0.2, 0.25) is 0 Å². The van der Waals surface area contributed by atoms with E-state index in [-0.39, 0.29) is 10.4 Å². The van der Waals surface area contributed by atoms with Crippen LogP contribution < -0.4 is 10.5 Å². The topological polar surface area (TPSA) is 85.1 Å². The third-order valence-electron chi connectivity index (χ3n) is 2.48. The monoisotopic (exact) mass is 287 g/mol. The molecule has 102 valence electrons. The van der Waals surface area contributed by atoms with Crippen LogP contribution in [-0.4, -0.2) is 26.4 Å². The number of halogens is 2. The van der Waals surface area contributed by atoms with Gasteiger partial charge in [-0.05, 0) is 24.3 Å². The van der Waals surface area contributed by atoms with Crippen LogP contribution in [0.15, 0.2) is 35.4 Å². The van der Waals surface area contributed by atoms with Gasteiger partial charge in [0.05, 0.1) is 12.1 Å². The average Bonchev–Trinajstić information content (AvgIpc) is 2.37. The number of fused-ring (bicyclic) bond motifs is 1. The van der Waals surface area contributed by atoms with E-state index in [1.165, 1.54) is 18.3 Å². The second-order valence-corrected chi connectivity index (χ2v) is 5.53. The standard InChI is InChI=1S/C11H11F2N3O2S/c12-10(13)6-16-19(17,18)9-4-3-8(14)7-2-1-5-15-11(7)9/h1-5,10,16H,6,14H2. The number of hydrogen-bond acceptors (Lipinski definition) is 4. The summed E-state index contributed by atoms with van der Waals surface area (Å²) >= 11 is 0. The summed E-state index contributed by atoms with van der Waals surface area (Å²) in [4.78, 5) is 3.78. The van der Waals surface area contributed by atoms with E-state index in [0.717, 1.165) is 0 Å². The summed E-state index contributed by atoms with van der Waals surface area (Å²) in [7, 11) is -4.05. The number of nitrogens with one attached hydrogen (secondary N) is 1. The fourth-order valence-corrected chi connectivity index (χ4v) is 2.80. The van der Waals surface area contributed by atoms with Gasteiger partial charge < -0.3 is 5.73 Å². The molecule has 0 radical (unpaired) electrons. The molecule has 3 N–H and O–H groups in total. The third kappa shape index (κ3) is 2.79. The first-order valence-electron chi connectivity index (χ1n) is 5.33. The number of hydrogen-bond donors (Lipinski definition) is 2. The van der Waals surface area contributed by atoms with E-state index in [1.807, 2.05) is 4.72 Å². The second kappa shape index (κ2) is 5.06. The van der Waals surface area contributed by atoms with Crippen LogP contribution >= 0.6 is 0 Å². The molecule has 1 heterocycles. The summed E-state index contributed by atoms with van der Waals surface area (Å²) in [5, 5.41) is 0.461. The molecule has 0 spiro atoms. The van der Waals surface area contributed by atoms with Gasteiger partial charge in [-0.2, -0.15) is 0 Å². The van der Waals surface area contributed by atoms with Crippen LogP contribution in [0, 0.1) is 0 Å². The number of nitrogen functional groups attached to an aromatic ring is 1. The van der Waals surface area contributed by atoms with Gasteiger partial charge >= 0.3 is 0 Å². The number of alkyl halides is 2. The number of anilines is 1. The molecule has 0 bridgehead atoms. The molecule has 0 amide bonds. The number of rotatable bonds is 4. The minimum Gasteiger partial charge on any atom is -0.398 e. The van der Waals surface area contributed by atoms with Crippen LogP contribution in [0.1, 0.15) is 0 Å². The molecule has 1 aromatic carbocycles. The number of benzene rings is 1. The quantitative estimate of drug-likeness (QED) is 0.831. The first-order valence-corrected chi connectivity index (χ1v) is 6.81. The fourth-order valence-electron chi connectivity index (χ4n) is 1.64. The lowest BCUT2D eigenvalue weighted by atomic mass is 10.2. The minimum absolute atomic E-state index is 0.157. The molecule has 0 unspecified atom stereocenters. The molecule has 0 aliphatic rings. The Balaban J connectivity index is 2.54. The molecule has 1 aromatic heterocycles. The van der Waals surface area contributed by atoms with Crippen LogP contribution in [0.5, 0.6) is 0 Å². The number of sulfonamides is 1. The van der Waals surface area contributed by atoms with Crippen LogP contribution in [0.25, 0.3) is 10.9 Å². The predicted octanol–water partition coefficient (Wildman–Crippen LogP) is 1.36. The van der Waals surface area contributed by atoms with Crippen LogP contribution in [0.3, 0.4) is 0 Å². The lowest BCUT2D eigenvalue weighted by molar-refractivity contribution is 0.153. The molecule has 5 nitrogen and oxygen atoms in total. The Kier molecular flexibility index (Phi) is 3.63. The Bertz CT molecular complexity index is 704. The molecule has 19 heavy (non-hydrogen) atoms. The molecule has 2 rings (SSSR count). The molecule has 2 aromatic rings. The molecular formula is C11H11F2N3O2S. The van der Waals surface area contributed by atoms with E-state index in [2.05, 4.69) is 4.98 Å². The van der Waals surface area contributed by atoms with Crippen LogP contribution in [0.4, 0.5) is 14.5 Å². The SMILES string of the molecule is Nc1ccc(S(=O)(=O)NCC(F)F)c2ncccc12. The van der Waals surface area contributed by atoms with E-state index < -0.39 is 23.0 Å². The summed E-state index contributed by atoms with van der Waals surface area (Å²) in [6.45, 7) is -0.943. The molecule has 0 fully saturated rings. The number of nitrogens with zero attached hydrogens (tertiary/aromatic N) is 1. The smallest absolute Gasteiger partial charge is 0.251 e. The zero-order valence-electron chi connectivity index (χ0n) is 9.68. The van der Waals surface area contributed by atoms with Gasteiger partial charge in [-0.3, -0.25) is 4.98 Å². The van der Waals surface area contributed by atoms with Crippen molar-refractivity contribution >= 4 is 26.6 Å². The van der Waals surface area contributed by atoms with E-state index in [0.29, 0.717) is 11.1 Å². The molecule has 0 saturated carbocycles. The molecule has 8 heteroatoms. The third-order valence-corrected chi connectivity index (χ3v) is 3.94. The highest BCUT2D eigenvalue weighted by molar-refractivity contribution is 7.89. The van der Waals surface area contributed by atoms with Gasteiger partial charge in [0.25, 0.3) is 6.43 Å². The van der Waals surface area contributed by atoms with Crippen molar-refractivity contribution in [3.05, 3.63) is 30.5 Å². The van der Waals surface area contributed by atoms with Crippen LogP contribution in [-0.2, 0) is 10.0 Å². The number of pyridine rings is 1. The van der Waals surface area contributed by atoms with E-state index >= 15 is 0 Å². The Hall–Kier alpha value is -1.80. The normalized spacial score (nSPS) is 12.2. The first-order chi connectivity index (χ1) is 8.92. The molecular weight excluding hydrogens is 276 g/mol. The average molecular weight is 287 g/mol. The Morgan fingerprint density at radius 3 is 2.74 bits per heavy atom. The first kappa shape index (κ1) is 13.6. The van der Waals surface area contributed by atoms with Gasteiger partial charge in [0, 0.05) is 17.3 Å². The van der Waals surface area contributed by atoms with Crippen molar-refractivity contribution in [2.24, 2.45) is 0 Å². The second-order valence-electron chi connectivity index (χ2n) is 3.80. The maximum atomic E-state index is 12.1. The van der Waals surface area contributed by atoms with Crippen molar-refractivity contribution in [3.63, 3.8) is 0 Å². The molecule has 0 aliphatic carbocycles. The molecule has 0 saturated heterocycles. The van der Waals surface area contributed by atoms with Crippen molar-refractivity contribution in [2.75, 3.05) is 12.3 Å². The summed E-state index contributed by atoms with van der Waals surface area (Å²) in [6, 6.07) is 5.88. The maximum absolute atomic E-state index is 12.1. The van der Waals surface area contributed by atoms with Crippen molar-refractivity contribution in [1.29, 1.82) is 0 Å². The largest absolute Gasteiger partial charge is 0.398 e. The van der Waals surface area contributed by atoms with Crippen molar-refractivity contribution in [2.45, 2.75) is 11.3 Å². The summed E-state index contributed by atoms with van der Waals surface area (Å²) in [5.41, 5.74) is 6.24. The summed E-state index contributed by atoms with van der Waals surface area (Å²) in [6.07, 6.45) is -1.35. The van der Waals surface area contributed by atoms with Gasteiger partial charge in [0.2, 0.25) is 10.0 Å². The van der Waals surface area contributed by atoms with Gasteiger partial charge in [-0.15, -0.1) is 0 Å². The molecule has 0 aliphatic heterocycles. The minimum atomic E-state index is -4.05. The van der Waals surface area contributed by atoms with Crippen molar-refractivity contribution in [3.8, 4) is 0 Å². The van der Waals surface area contributed by atoms with E-state index in [4.69, 9.17) is 5.73 Å². The molecule has 0 atom stereocenters. The zero-order valence-corrected chi connectivity index (χ0v) is 10.5. The summed E-state index contributed by atoms with van der Waals surface area (Å²) in [5.74, 6) is 0. The van der Waals surface area contributed by atoms with Gasteiger partial charge in [-0.1, -0.05) is 0 Å². The fraction of sp³-hybridized carbons (Fsp3) is 0.182. The highest BCUT2D eigenvalue weighted by atomic mass is 32.2. The highest BCUT2D eigenvalue weighted by Crippen LogP contribution is 2.25. The number of nitrogens with two attached hydrogens (primary N) is 1. The predicted molar refractivity (Wildman–Crippen MR) is 67.3 cm³/mol. The van der Waals surface area contributed by atoms with E-state index in [1.54, 1.807) is 12.1 Å². The maximum Gasteiger partial charge on any atom is 0.251 e.